The van der Waals surface area contributed by atoms with Crippen molar-refractivity contribution in [2.24, 2.45) is 0 Å². The molecule has 0 aliphatic rings. The molecule has 2 aromatic heterocycles. The normalized spacial score (nSPS) is 11.9. The number of halogens is 1. The van der Waals surface area contributed by atoms with Crippen molar-refractivity contribution in [2.75, 3.05) is 11.9 Å². The molecule has 11 heteroatoms. The maximum Gasteiger partial charge on any atom is 0.254 e. The van der Waals surface area contributed by atoms with Crippen molar-refractivity contribution in [3.05, 3.63) is 52.0 Å². The third-order valence-electron chi connectivity index (χ3n) is 4.77. The molecule has 0 radical (unpaired) electrons. The van der Waals surface area contributed by atoms with Gasteiger partial charge < -0.3 is 15.2 Å². The molecule has 1 aromatic carbocycles. The number of benzene rings is 1. The van der Waals surface area contributed by atoms with Crippen LogP contribution in [0.2, 0.25) is 0 Å². The van der Waals surface area contributed by atoms with Crippen molar-refractivity contribution >= 4 is 40.0 Å². The van der Waals surface area contributed by atoms with Crippen LogP contribution in [0.25, 0.3) is 0 Å². The topological polar surface area (TPSA) is 102 Å². The van der Waals surface area contributed by atoms with Gasteiger partial charge in [-0.05, 0) is 39.8 Å². The van der Waals surface area contributed by atoms with Gasteiger partial charge in [-0.3, -0.25) is 9.59 Å². The van der Waals surface area contributed by atoms with Gasteiger partial charge in [-0.1, -0.05) is 23.9 Å². The second kappa shape index (κ2) is 10.7. The monoisotopic (exact) mass is 476 g/mol. The lowest BCUT2D eigenvalue weighted by Gasteiger charge is -2.12. The van der Waals surface area contributed by atoms with E-state index >= 15 is 0 Å². The molecule has 1 unspecified atom stereocenters. The minimum Gasteiger partial charge on any atom is -0.351 e. The van der Waals surface area contributed by atoms with E-state index in [0.29, 0.717) is 29.1 Å². The number of amides is 2. The van der Waals surface area contributed by atoms with E-state index in [1.807, 2.05) is 25.3 Å². The van der Waals surface area contributed by atoms with E-state index in [1.165, 1.54) is 41.3 Å². The summed E-state index contributed by atoms with van der Waals surface area (Å²) in [5, 5.41) is 14.8. The molecule has 32 heavy (non-hydrogen) atoms. The van der Waals surface area contributed by atoms with E-state index in [4.69, 9.17) is 0 Å². The van der Waals surface area contributed by atoms with Crippen molar-refractivity contribution in [1.82, 2.24) is 25.1 Å². The van der Waals surface area contributed by atoms with E-state index in [1.54, 1.807) is 13.0 Å². The fourth-order valence-electron chi connectivity index (χ4n) is 2.88. The van der Waals surface area contributed by atoms with E-state index in [2.05, 4.69) is 25.8 Å². The summed E-state index contributed by atoms with van der Waals surface area (Å²) >= 11 is 2.76. The summed E-state index contributed by atoms with van der Waals surface area (Å²) in [4.78, 5) is 30.1. The number of thioether (sulfide) groups is 1. The number of nitrogens with zero attached hydrogens (tertiary/aromatic N) is 4. The summed E-state index contributed by atoms with van der Waals surface area (Å²) in [5.41, 5.74) is 0.911. The summed E-state index contributed by atoms with van der Waals surface area (Å²) in [6.07, 6.45) is 0.430. The molecule has 8 nitrogen and oxygen atoms in total. The van der Waals surface area contributed by atoms with Crippen molar-refractivity contribution in [3.63, 3.8) is 0 Å². The minimum absolute atomic E-state index is 0.00570. The van der Waals surface area contributed by atoms with Crippen LogP contribution in [0.15, 0.2) is 29.4 Å². The number of carbonyl (C=O) groups excluding carboxylic acids is 2. The summed E-state index contributed by atoms with van der Waals surface area (Å²) in [6, 6.07) is 5.84. The Kier molecular flexibility index (Phi) is 7.97. The Bertz CT molecular complexity index is 1090. The quantitative estimate of drug-likeness (QED) is 0.458. The van der Waals surface area contributed by atoms with E-state index in [-0.39, 0.29) is 18.0 Å². The highest BCUT2D eigenvalue weighted by atomic mass is 32.2. The zero-order chi connectivity index (χ0) is 23.3. The second-order valence-corrected chi connectivity index (χ2v) is 9.55. The molecule has 0 fully saturated rings. The van der Waals surface area contributed by atoms with Gasteiger partial charge in [0.2, 0.25) is 5.91 Å². The number of nitrogens with one attached hydrogen (secondary N) is 2. The van der Waals surface area contributed by atoms with Crippen LogP contribution in [0, 0.1) is 19.7 Å². The van der Waals surface area contributed by atoms with Crippen LogP contribution < -0.4 is 10.6 Å². The van der Waals surface area contributed by atoms with Gasteiger partial charge in [0.25, 0.3) is 5.91 Å². The second-order valence-electron chi connectivity index (χ2n) is 7.04. The minimum atomic E-state index is -0.559. The Labute approximate surface area is 194 Å². The fraction of sp³-hybridized carbons (Fsp3) is 0.381. The fourth-order valence-corrected chi connectivity index (χ4v) is 4.63. The average molecular weight is 477 g/mol. The van der Waals surface area contributed by atoms with Gasteiger partial charge >= 0.3 is 0 Å². The number of aryl methyl sites for hydroxylation is 2. The summed E-state index contributed by atoms with van der Waals surface area (Å²) in [6.45, 7) is 8.53. The molecule has 0 aliphatic heterocycles. The van der Waals surface area contributed by atoms with Crippen LogP contribution in [0.1, 0.15) is 40.6 Å². The van der Waals surface area contributed by atoms with Gasteiger partial charge in [0.1, 0.15) is 11.6 Å². The van der Waals surface area contributed by atoms with E-state index in [9.17, 15) is 14.0 Å². The van der Waals surface area contributed by atoms with Gasteiger partial charge in [0, 0.05) is 24.4 Å². The van der Waals surface area contributed by atoms with Crippen LogP contribution in [0.4, 0.5) is 9.52 Å². The molecule has 3 aromatic rings. The molecular weight excluding hydrogens is 451 g/mol. The number of hydrogen-bond acceptors (Lipinski definition) is 7. The first-order chi connectivity index (χ1) is 15.3. The van der Waals surface area contributed by atoms with Gasteiger partial charge in [-0.2, -0.15) is 0 Å². The van der Waals surface area contributed by atoms with E-state index in [0.717, 1.165) is 10.6 Å². The number of aromatic nitrogens is 4. The van der Waals surface area contributed by atoms with Crippen LogP contribution >= 0.6 is 23.1 Å². The highest BCUT2D eigenvalue weighted by Gasteiger charge is 2.21. The van der Waals surface area contributed by atoms with Crippen molar-refractivity contribution in [1.29, 1.82) is 0 Å². The van der Waals surface area contributed by atoms with Crippen LogP contribution in [-0.4, -0.2) is 43.4 Å². The summed E-state index contributed by atoms with van der Waals surface area (Å²) < 4.78 is 15.6. The van der Waals surface area contributed by atoms with Gasteiger partial charge in [-0.15, -0.1) is 21.5 Å². The first kappa shape index (κ1) is 23.9. The number of hydrogen-bond donors (Lipinski definition) is 2. The predicted octanol–water partition coefficient (Wildman–Crippen LogP) is 3.60. The summed E-state index contributed by atoms with van der Waals surface area (Å²) in [7, 11) is 0. The lowest BCUT2D eigenvalue weighted by Crippen LogP contribution is -2.27. The van der Waals surface area contributed by atoms with Crippen molar-refractivity contribution < 1.29 is 14.0 Å². The highest BCUT2D eigenvalue weighted by molar-refractivity contribution is 8.00. The predicted molar refractivity (Wildman–Crippen MR) is 124 cm³/mol. The van der Waals surface area contributed by atoms with Gasteiger partial charge in [0.05, 0.1) is 16.5 Å². The Morgan fingerprint density at radius 2 is 2.00 bits per heavy atom. The molecule has 2 heterocycles. The Morgan fingerprint density at radius 1 is 1.25 bits per heavy atom. The molecule has 0 spiro atoms. The molecule has 0 saturated heterocycles. The highest BCUT2D eigenvalue weighted by Crippen LogP contribution is 2.26. The molecule has 0 bridgehead atoms. The molecule has 2 N–H and O–H groups in total. The van der Waals surface area contributed by atoms with Crippen LogP contribution in [-0.2, 0) is 17.8 Å². The SMILES string of the molecule is CCn1c(CCNC(=O)c2ccccc2F)nnc1SC(C)C(=O)Nc1nc(C)c(C)s1. The maximum absolute atomic E-state index is 13.7. The van der Waals surface area contributed by atoms with Crippen LogP contribution in [0.5, 0.6) is 0 Å². The third kappa shape index (κ3) is 5.71. The first-order valence-corrected chi connectivity index (χ1v) is 11.9. The summed E-state index contributed by atoms with van der Waals surface area (Å²) in [5.74, 6) is -0.510. The Hall–Kier alpha value is -2.79. The molecule has 3 rings (SSSR count). The largest absolute Gasteiger partial charge is 0.351 e. The first-order valence-electron chi connectivity index (χ1n) is 10.2. The molecule has 170 valence electrons. The number of rotatable bonds is 9. The molecule has 2 amide bonds. The molecule has 0 saturated carbocycles. The number of anilines is 1. The smallest absolute Gasteiger partial charge is 0.254 e. The molecule has 1 atom stereocenters. The van der Waals surface area contributed by atoms with Crippen LogP contribution in [0.3, 0.4) is 0 Å². The zero-order valence-corrected chi connectivity index (χ0v) is 19.9. The zero-order valence-electron chi connectivity index (χ0n) is 18.3. The van der Waals surface area contributed by atoms with Crippen molar-refractivity contribution in [2.45, 2.75) is 51.1 Å². The molecule has 0 aliphatic carbocycles. The van der Waals surface area contributed by atoms with E-state index < -0.39 is 17.0 Å². The average Bonchev–Trinajstić information content (AvgIpc) is 3.29. The number of thiazole rings is 1. The van der Waals surface area contributed by atoms with Crippen molar-refractivity contribution in [3.8, 4) is 0 Å². The third-order valence-corrected chi connectivity index (χ3v) is 6.84. The standard InChI is InChI=1S/C21H25FN6O2S2/c1-5-28-17(10-11-23-19(30)15-8-6-7-9-16(15)22)26-27-21(28)32-14(4)18(29)25-20-24-12(2)13(3)31-20/h6-9,14H,5,10-11H2,1-4H3,(H,23,30)(H,24,25,29). The lowest BCUT2D eigenvalue weighted by molar-refractivity contribution is -0.115. The Morgan fingerprint density at radius 3 is 2.66 bits per heavy atom. The van der Waals surface area contributed by atoms with Gasteiger partial charge in [0.15, 0.2) is 10.3 Å². The lowest BCUT2D eigenvalue weighted by atomic mass is 10.2. The Balaban J connectivity index is 1.57. The molecular formula is C21H25FN6O2S2. The number of carbonyl (C=O) groups is 2. The maximum atomic E-state index is 13.7. The van der Waals surface area contributed by atoms with Gasteiger partial charge in [-0.25, -0.2) is 9.37 Å².